The quantitative estimate of drug-likeness (QED) is 0.330. The molecule has 110 valence electrons. The van der Waals surface area contributed by atoms with Crippen LogP contribution in [-0.4, -0.2) is 39.5 Å². The lowest BCUT2D eigenvalue weighted by molar-refractivity contribution is 0.0708. The summed E-state index contributed by atoms with van der Waals surface area (Å²) in [6, 6.07) is 4.64. The van der Waals surface area contributed by atoms with E-state index in [9.17, 15) is 9.90 Å². The van der Waals surface area contributed by atoms with Crippen molar-refractivity contribution in [1.29, 1.82) is 0 Å². The molecule has 0 aliphatic carbocycles. The van der Waals surface area contributed by atoms with Crippen LogP contribution in [-0.2, 0) is 0 Å². The van der Waals surface area contributed by atoms with E-state index in [1.165, 1.54) is 6.07 Å². The fourth-order valence-corrected chi connectivity index (χ4v) is 2.07. The van der Waals surface area contributed by atoms with E-state index < -0.39 is 0 Å². The number of hydrogen-bond donors (Lipinski definition) is 3. The van der Waals surface area contributed by atoms with Gasteiger partial charge in [-0.15, -0.1) is 0 Å². The van der Waals surface area contributed by atoms with Crippen LogP contribution in [0.5, 0.6) is 5.75 Å². The van der Waals surface area contributed by atoms with Crippen molar-refractivity contribution in [3.8, 4) is 5.75 Å². The second-order valence-corrected chi connectivity index (χ2v) is 5.51. The van der Waals surface area contributed by atoms with Crippen LogP contribution in [0.25, 0.3) is 0 Å². The Morgan fingerprint density at radius 3 is 2.65 bits per heavy atom. The zero-order chi connectivity index (χ0) is 15.3. The highest BCUT2D eigenvalue weighted by molar-refractivity contribution is 9.10. The number of aromatic hydroxyl groups is 1. The first kappa shape index (κ1) is 16.3. The summed E-state index contributed by atoms with van der Waals surface area (Å²) in [4.78, 5) is 14.0. The zero-order valence-electron chi connectivity index (χ0n) is 11.4. The summed E-state index contributed by atoms with van der Waals surface area (Å²) in [7, 11) is 0. The number of amidine groups is 1. The molecule has 0 saturated heterocycles. The molecule has 0 fully saturated rings. The first-order chi connectivity index (χ1) is 9.36. The number of nitrogens with two attached hydrogens (primary N) is 1. The second kappa shape index (κ2) is 7.14. The van der Waals surface area contributed by atoms with Crippen molar-refractivity contribution in [2.24, 2.45) is 10.9 Å². The van der Waals surface area contributed by atoms with Gasteiger partial charge in [-0.1, -0.05) is 21.1 Å². The summed E-state index contributed by atoms with van der Waals surface area (Å²) in [5.74, 6) is -0.321. The normalized spacial score (nSPS) is 11.7. The Morgan fingerprint density at radius 1 is 1.50 bits per heavy atom. The van der Waals surface area contributed by atoms with Gasteiger partial charge in [0, 0.05) is 23.5 Å². The van der Waals surface area contributed by atoms with E-state index in [4.69, 9.17) is 10.9 Å². The number of carbonyl (C=O) groups is 1. The van der Waals surface area contributed by atoms with Crippen LogP contribution in [0, 0.1) is 0 Å². The molecule has 7 heteroatoms. The van der Waals surface area contributed by atoms with Gasteiger partial charge in [0.15, 0.2) is 0 Å². The number of carbonyl (C=O) groups excluding carboxylic acids is 1. The van der Waals surface area contributed by atoms with E-state index >= 15 is 0 Å². The average molecular weight is 344 g/mol. The van der Waals surface area contributed by atoms with Crippen molar-refractivity contribution in [1.82, 2.24) is 4.90 Å². The molecule has 0 aromatic heterocycles. The van der Waals surface area contributed by atoms with Gasteiger partial charge < -0.3 is 20.9 Å². The Kier molecular flexibility index (Phi) is 5.82. The lowest BCUT2D eigenvalue weighted by Crippen LogP contribution is -2.39. The molecular formula is C13H18BrN3O3. The van der Waals surface area contributed by atoms with E-state index in [1.807, 2.05) is 13.8 Å². The lowest BCUT2D eigenvalue weighted by Gasteiger charge is -2.27. The van der Waals surface area contributed by atoms with Crippen molar-refractivity contribution in [3.63, 3.8) is 0 Å². The third-order valence-electron chi connectivity index (χ3n) is 2.81. The van der Waals surface area contributed by atoms with Gasteiger partial charge in [0.2, 0.25) is 0 Å². The molecule has 6 nitrogen and oxygen atoms in total. The van der Waals surface area contributed by atoms with Crippen LogP contribution in [0.2, 0.25) is 0 Å². The minimum atomic E-state index is -0.296. The molecule has 0 spiro atoms. The third-order valence-corrected chi connectivity index (χ3v) is 3.30. The predicted octanol–water partition coefficient (Wildman–Crippen LogP) is 2.14. The minimum Gasteiger partial charge on any atom is -0.507 e. The molecule has 0 heterocycles. The maximum atomic E-state index is 12.4. The molecule has 0 atom stereocenters. The van der Waals surface area contributed by atoms with Gasteiger partial charge in [-0.25, -0.2) is 0 Å². The van der Waals surface area contributed by atoms with Gasteiger partial charge in [-0.05, 0) is 32.0 Å². The largest absolute Gasteiger partial charge is 0.507 e. The van der Waals surface area contributed by atoms with Crippen LogP contribution in [0.15, 0.2) is 27.8 Å². The van der Waals surface area contributed by atoms with Crippen molar-refractivity contribution < 1.29 is 15.1 Å². The number of rotatable bonds is 5. The summed E-state index contributed by atoms with van der Waals surface area (Å²) in [6.45, 7) is 4.03. The fourth-order valence-electron chi connectivity index (χ4n) is 1.72. The van der Waals surface area contributed by atoms with Gasteiger partial charge in [0.25, 0.3) is 5.91 Å². The van der Waals surface area contributed by atoms with Crippen molar-refractivity contribution in [2.75, 3.05) is 6.54 Å². The number of benzene rings is 1. The number of hydrogen-bond acceptors (Lipinski definition) is 4. The molecule has 1 aromatic rings. The molecule has 0 saturated carbocycles. The Hall–Kier alpha value is -1.76. The van der Waals surface area contributed by atoms with Crippen LogP contribution >= 0.6 is 15.9 Å². The summed E-state index contributed by atoms with van der Waals surface area (Å²) in [5.41, 5.74) is 5.64. The van der Waals surface area contributed by atoms with Crippen LogP contribution in [0.3, 0.4) is 0 Å². The molecule has 20 heavy (non-hydrogen) atoms. The van der Waals surface area contributed by atoms with Crippen molar-refractivity contribution >= 4 is 27.7 Å². The standard InChI is InChI=1S/C13H18BrN3O3/c1-8(2)17(6-5-12(15)16-20)13(19)10-4-3-9(14)7-11(10)18/h3-4,7-8,18,20H,5-6H2,1-2H3,(H2,15,16). The van der Waals surface area contributed by atoms with Gasteiger partial charge in [0.1, 0.15) is 11.6 Å². The number of phenolic OH excluding ortho intramolecular Hbond substituents is 1. The number of phenols is 1. The zero-order valence-corrected chi connectivity index (χ0v) is 13.0. The third kappa shape index (κ3) is 4.12. The molecule has 0 bridgehead atoms. The van der Waals surface area contributed by atoms with E-state index in [2.05, 4.69) is 21.1 Å². The second-order valence-electron chi connectivity index (χ2n) is 4.60. The smallest absolute Gasteiger partial charge is 0.257 e. The van der Waals surface area contributed by atoms with Crippen LogP contribution in [0.1, 0.15) is 30.6 Å². The van der Waals surface area contributed by atoms with Gasteiger partial charge in [0.05, 0.1) is 5.56 Å². The number of oxime groups is 1. The van der Waals surface area contributed by atoms with Gasteiger partial charge in [-0.3, -0.25) is 4.79 Å². The predicted molar refractivity (Wildman–Crippen MR) is 80.0 cm³/mol. The van der Waals surface area contributed by atoms with Crippen LogP contribution < -0.4 is 5.73 Å². The Balaban J connectivity index is 2.94. The Labute approximate surface area is 126 Å². The summed E-state index contributed by atoms with van der Waals surface area (Å²) in [5, 5.41) is 21.3. The summed E-state index contributed by atoms with van der Waals surface area (Å²) < 4.78 is 0.694. The number of nitrogens with zero attached hydrogens (tertiary/aromatic N) is 2. The maximum Gasteiger partial charge on any atom is 0.257 e. The van der Waals surface area contributed by atoms with Gasteiger partial charge in [-0.2, -0.15) is 0 Å². The van der Waals surface area contributed by atoms with Crippen molar-refractivity contribution in [2.45, 2.75) is 26.3 Å². The fraction of sp³-hybridized carbons (Fsp3) is 0.385. The average Bonchev–Trinajstić information content (AvgIpc) is 2.37. The highest BCUT2D eigenvalue weighted by atomic mass is 79.9. The highest BCUT2D eigenvalue weighted by Crippen LogP contribution is 2.24. The van der Waals surface area contributed by atoms with E-state index in [1.54, 1.807) is 17.0 Å². The molecule has 4 N–H and O–H groups in total. The summed E-state index contributed by atoms with van der Waals surface area (Å²) >= 11 is 3.23. The first-order valence-corrected chi connectivity index (χ1v) is 6.92. The molecule has 1 rings (SSSR count). The number of amides is 1. The summed E-state index contributed by atoms with van der Waals surface area (Å²) in [6.07, 6.45) is 0.262. The molecule has 0 aliphatic rings. The van der Waals surface area contributed by atoms with E-state index in [-0.39, 0.29) is 35.5 Å². The molecule has 0 radical (unpaired) electrons. The Morgan fingerprint density at radius 2 is 2.15 bits per heavy atom. The molecular weight excluding hydrogens is 326 g/mol. The van der Waals surface area contributed by atoms with E-state index in [0.717, 1.165) is 0 Å². The molecule has 0 aliphatic heterocycles. The minimum absolute atomic E-state index is 0.0588. The Bertz CT molecular complexity index is 518. The van der Waals surface area contributed by atoms with Gasteiger partial charge >= 0.3 is 0 Å². The topological polar surface area (TPSA) is 99.1 Å². The lowest BCUT2D eigenvalue weighted by atomic mass is 10.1. The maximum absolute atomic E-state index is 12.4. The molecule has 0 unspecified atom stereocenters. The highest BCUT2D eigenvalue weighted by Gasteiger charge is 2.21. The monoisotopic (exact) mass is 343 g/mol. The number of halogens is 1. The van der Waals surface area contributed by atoms with Crippen LogP contribution in [0.4, 0.5) is 0 Å². The van der Waals surface area contributed by atoms with E-state index in [0.29, 0.717) is 11.0 Å². The molecule has 1 aromatic carbocycles. The molecule has 1 amide bonds. The SMILES string of the molecule is CC(C)N(CCC(N)=NO)C(=O)c1ccc(Br)cc1O. The van der Waals surface area contributed by atoms with Crippen molar-refractivity contribution in [3.05, 3.63) is 28.2 Å². The first-order valence-electron chi connectivity index (χ1n) is 6.12.